The third-order valence-electron chi connectivity index (χ3n) is 3.51. The molecule has 4 nitrogen and oxygen atoms in total. The van der Waals surface area contributed by atoms with E-state index >= 15 is 0 Å². The number of carbonyl (C=O) groups is 1. The molecule has 1 heterocycles. The van der Waals surface area contributed by atoms with E-state index in [1.165, 1.54) is 0 Å². The minimum absolute atomic E-state index is 0.0872. The minimum Gasteiger partial charge on any atom is -0.507 e. The number of amides is 1. The van der Waals surface area contributed by atoms with Crippen LogP contribution in [0.5, 0.6) is 5.75 Å². The lowest BCUT2D eigenvalue weighted by Crippen LogP contribution is -2.36. The summed E-state index contributed by atoms with van der Waals surface area (Å²) < 4.78 is 0. The van der Waals surface area contributed by atoms with E-state index in [0.717, 1.165) is 0 Å². The number of carbonyl (C=O) groups excluding carboxylic acids is 1. The van der Waals surface area contributed by atoms with Gasteiger partial charge in [0.25, 0.3) is 5.91 Å². The van der Waals surface area contributed by atoms with Gasteiger partial charge in [0.15, 0.2) is 0 Å². The van der Waals surface area contributed by atoms with E-state index in [9.17, 15) is 9.90 Å². The lowest BCUT2D eigenvalue weighted by molar-refractivity contribution is -0.114. The molecule has 0 bridgehead atoms. The van der Waals surface area contributed by atoms with Gasteiger partial charge in [0.2, 0.25) is 0 Å². The van der Waals surface area contributed by atoms with E-state index in [1.807, 2.05) is 0 Å². The summed E-state index contributed by atoms with van der Waals surface area (Å²) in [6.45, 7) is 0.150. The lowest BCUT2D eigenvalue weighted by atomic mass is 9.97. The number of phenolic OH excluding ortho intramolecular Hbond substituents is 1. The standard InChI is InChI=1S/C17H13ClN2O2/c18-13-5-3-6-14-16(13)12(9-19)11(17(22)20-14)8-10-4-1-2-7-15(10)21/h1-8,21H,9,19H2. The van der Waals surface area contributed by atoms with E-state index in [0.29, 0.717) is 32.3 Å². The molecule has 5 heteroatoms. The van der Waals surface area contributed by atoms with Crippen LogP contribution in [0.1, 0.15) is 5.56 Å². The van der Waals surface area contributed by atoms with Crippen molar-refractivity contribution in [3.63, 3.8) is 0 Å². The number of benzene rings is 2. The Morgan fingerprint density at radius 2 is 1.95 bits per heavy atom. The molecule has 0 spiro atoms. The molecular weight excluding hydrogens is 300 g/mol. The van der Waals surface area contributed by atoms with Crippen molar-refractivity contribution < 1.29 is 9.90 Å². The zero-order valence-electron chi connectivity index (χ0n) is 11.6. The van der Waals surface area contributed by atoms with Gasteiger partial charge in [0.1, 0.15) is 5.75 Å². The van der Waals surface area contributed by atoms with Crippen LogP contribution in [0.2, 0.25) is 5.02 Å². The van der Waals surface area contributed by atoms with Gasteiger partial charge < -0.3 is 10.8 Å². The summed E-state index contributed by atoms with van der Waals surface area (Å²) in [5, 5.41) is 11.6. The SMILES string of the molecule is NCC1=c2c(Cl)cccc2=NC(=O)C1=Cc1ccccc1O. The number of phenols is 1. The summed E-state index contributed by atoms with van der Waals surface area (Å²) in [5.41, 5.74) is 7.35. The first kappa shape index (κ1) is 14.5. The van der Waals surface area contributed by atoms with Crippen LogP contribution in [0.3, 0.4) is 0 Å². The number of nitrogens with zero attached hydrogens (tertiary/aromatic N) is 1. The maximum absolute atomic E-state index is 12.3. The summed E-state index contributed by atoms with van der Waals surface area (Å²) in [6.07, 6.45) is 1.59. The van der Waals surface area contributed by atoms with E-state index in [-0.39, 0.29) is 12.3 Å². The van der Waals surface area contributed by atoms with Gasteiger partial charge >= 0.3 is 0 Å². The normalized spacial score (nSPS) is 15.6. The Kier molecular flexibility index (Phi) is 3.79. The van der Waals surface area contributed by atoms with Gasteiger partial charge in [-0.3, -0.25) is 4.79 Å². The molecule has 110 valence electrons. The molecule has 1 amide bonds. The second kappa shape index (κ2) is 5.75. The number of fused-ring (bicyclic) bond motifs is 1. The van der Waals surface area contributed by atoms with Crippen LogP contribution in [0.25, 0.3) is 11.6 Å². The van der Waals surface area contributed by atoms with Crippen LogP contribution in [0, 0.1) is 0 Å². The predicted octanol–water partition coefficient (Wildman–Crippen LogP) is 1.40. The zero-order chi connectivity index (χ0) is 15.7. The van der Waals surface area contributed by atoms with Gasteiger partial charge in [-0.15, -0.1) is 0 Å². The molecule has 0 atom stereocenters. The maximum atomic E-state index is 12.3. The second-order valence-electron chi connectivity index (χ2n) is 4.85. The zero-order valence-corrected chi connectivity index (χ0v) is 12.3. The third-order valence-corrected chi connectivity index (χ3v) is 3.83. The van der Waals surface area contributed by atoms with Gasteiger partial charge in [-0.1, -0.05) is 35.9 Å². The summed E-state index contributed by atoms with van der Waals surface area (Å²) >= 11 is 6.24. The molecule has 0 saturated carbocycles. The molecule has 2 aromatic carbocycles. The fourth-order valence-corrected chi connectivity index (χ4v) is 2.75. The number of hydrogen-bond acceptors (Lipinski definition) is 3. The van der Waals surface area contributed by atoms with Crippen molar-refractivity contribution >= 4 is 29.2 Å². The average molecular weight is 313 g/mol. The van der Waals surface area contributed by atoms with Crippen molar-refractivity contribution in [1.29, 1.82) is 0 Å². The predicted molar refractivity (Wildman–Crippen MR) is 85.8 cm³/mol. The molecule has 0 aliphatic carbocycles. The molecule has 2 aromatic rings. The number of nitrogens with two attached hydrogens (primary N) is 1. The van der Waals surface area contributed by atoms with Crippen LogP contribution < -0.4 is 16.3 Å². The monoisotopic (exact) mass is 312 g/mol. The van der Waals surface area contributed by atoms with Crippen LogP contribution in [0.15, 0.2) is 53.0 Å². The molecule has 0 fully saturated rings. The molecule has 0 unspecified atom stereocenters. The number of halogens is 1. The van der Waals surface area contributed by atoms with Crippen LogP contribution in [-0.2, 0) is 4.79 Å². The Balaban J connectivity index is 2.32. The van der Waals surface area contributed by atoms with E-state index in [1.54, 1.807) is 48.5 Å². The Morgan fingerprint density at radius 1 is 1.18 bits per heavy atom. The minimum atomic E-state index is -0.390. The van der Waals surface area contributed by atoms with Crippen LogP contribution in [-0.4, -0.2) is 17.6 Å². The molecule has 1 aliphatic rings. The number of hydrogen-bond donors (Lipinski definition) is 2. The Labute approximate surface area is 131 Å². The van der Waals surface area contributed by atoms with Crippen LogP contribution in [0.4, 0.5) is 0 Å². The molecule has 0 saturated heterocycles. The third kappa shape index (κ3) is 2.43. The van der Waals surface area contributed by atoms with E-state index < -0.39 is 5.91 Å². The van der Waals surface area contributed by atoms with Crippen molar-refractivity contribution in [3.05, 3.63) is 69.2 Å². The molecule has 0 radical (unpaired) electrons. The number of rotatable bonds is 2. The van der Waals surface area contributed by atoms with Crippen molar-refractivity contribution in [1.82, 2.24) is 0 Å². The summed E-state index contributed by atoms with van der Waals surface area (Å²) in [5.74, 6) is -0.303. The first-order valence-electron chi connectivity index (χ1n) is 6.72. The number of para-hydroxylation sites is 1. The van der Waals surface area contributed by atoms with Crippen molar-refractivity contribution in [2.75, 3.05) is 6.54 Å². The highest BCUT2D eigenvalue weighted by atomic mass is 35.5. The number of aromatic hydroxyl groups is 1. The molecule has 22 heavy (non-hydrogen) atoms. The molecule has 3 rings (SSSR count). The van der Waals surface area contributed by atoms with E-state index in [2.05, 4.69) is 4.99 Å². The topological polar surface area (TPSA) is 75.7 Å². The van der Waals surface area contributed by atoms with Crippen molar-refractivity contribution in [2.24, 2.45) is 10.7 Å². The Morgan fingerprint density at radius 3 is 2.68 bits per heavy atom. The van der Waals surface area contributed by atoms with Gasteiger partial charge in [-0.2, -0.15) is 0 Å². The van der Waals surface area contributed by atoms with Gasteiger partial charge in [0.05, 0.1) is 10.4 Å². The van der Waals surface area contributed by atoms with Crippen molar-refractivity contribution in [2.45, 2.75) is 0 Å². The lowest BCUT2D eigenvalue weighted by Gasteiger charge is -2.13. The first-order valence-corrected chi connectivity index (χ1v) is 7.10. The smallest absolute Gasteiger partial charge is 0.277 e. The van der Waals surface area contributed by atoms with Gasteiger partial charge in [-0.05, 0) is 29.8 Å². The Hall–Kier alpha value is -2.43. The molecule has 0 aromatic heterocycles. The highest BCUT2D eigenvalue weighted by molar-refractivity contribution is 6.31. The second-order valence-corrected chi connectivity index (χ2v) is 5.26. The summed E-state index contributed by atoms with van der Waals surface area (Å²) in [6, 6.07) is 12.0. The van der Waals surface area contributed by atoms with Crippen molar-refractivity contribution in [3.8, 4) is 5.75 Å². The largest absolute Gasteiger partial charge is 0.507 e. The highest BCUT2D eigenvalue weighted by Crippen LogP contribution is 2.23. The maximum Gasteiger partial charge on any atom is 0.277 e. The molecule has 3 N–H and O–H groups in total. The fourth-order valence-electron chi connectivity index (χ4n) is 2.46. The Bertz CT molecular complexity index is 916. The van der Waals surface area contributed by atoms with Crippen LogP contribution >= 0.6 is 11.6 Å². The summed E-state index contributed by atoms with van der Waals surface area (Å²) in [4.78, 5) is 16.4. The van der Waals surface area contributed by atoms with Gasteiger partial charge in [-0.25, -0.2) is 4.99 Å². The summed E-state index contributed by atoms with van der Waals surface area (Å²) in [7, 11) is 0. The first-order chi connectivity index (χ1) is 10.6. The molecular formula is C17H13ClN2O2. The molecule has 1 aliphatic heterocycles. The van der Waals surface area contributed by atoms with Gasteiger partial charge in [0, 0.05) is 22.9 Å². The fraction of sp³-hybridized carbons (Fsp3) is 0.0588. The quantitative estimate of drug-likeness (QED) is 0.823. The van der Waals surface area contributed by atoms with E-state index in [4.69, 9.17) is 17.3 Å². The average Bonchev–Trinajstić information content (AvgIpc) is 2.50. The highest BCUT2D eigenvalue weighted by Gasteiger charge is 2.20.